The molecule has 0 aromatic rings. The first-order valence-corrected chi connectivity index (χ1v) is 9.22. The number of amides is 2. The normalized spacial score (nSPS) is 31.8. The molecular formula is C16H25N3O5S. The average Bonchev–Trinajstić information content (AvgIpc) is 2.81. The van der Waals surface area contributed by atoms with Gasteiger partial charge in [0.25, 0.3) is 0 Å². The van der Waals surface area contributed by atoms with Crippen molar-refractivity contribution in [1.82, 2.24) is 10.6 Å². The quantitative estimate of drug-likeness (QED) is 0.529. The molecule has 25 heavy (non-hydrogen) atoms. The molecule has 1 aliphatic carbocycles. The van der Waals surface area contributed by atoms with Crippen LogP contribution in [0.2, 0.25) is 0 Å². The number of carboxylic acid groups (broad SMARTS) is 1. The van der Waals surface area contributed by atoms with Crippen LogP contribution in [-0.4, -0.2) is 51.4 Å². The van der Waals surface area contributed by atoms with Gasteiger partial charge in [0.2, 0.25) is 11.8 Å². The Morgan fingerprint density at radius 1 is 1.52 bits per heavy atom. The van der Waals surface area contributed by atoms with E-state index in [1.54, 1.807) is 0 Å². The van der Waals surface area contributed by atoms with Crippen LogP contribution in [0.1, 0.15) is 40.0 Å². The second-order valence-electron chi connectivity index (χ2n) is 6.29. The fourth-order valence-corrected chi connectivity index (χ4v) is 4.66. The predicted molar refractivity (Wildman–Crippen MR) is 93.6 cm³/mol. The standard InChI is InChI=1S/C16H25N3O5S/c1-4-10(5-2)24-11-6-9(13(21)22)7-16(12(11)18-8(3)20)14(23)19-15(17)25-16/h6,10-12,15H,4-5,7,17H2,1-3H3,(H,18,20)(H,19,23)(H,21,22)/t11-,12+,15?,16+/m1/s1. The average molecular weight is 371 g/mol. The van der Waals surface area contributed by atoms with Crippen LogP contribution in [0.15, 0.2) is 11.6 Å². The number of aliphatic carboxylic acids is 1. The van der Waals surface area contributed by atoms with Crippen LogP contribution in [0, 0.1) is 0 Å². The number of hydrogen-bond donors (Lipinski definition) is 4. The van der Waals surface area contributed by atoms with E-state index in [4.69, 9.17) is 10.5 Å². The molecule has 140 valence electrons. The van der Waals surface area contributed by atoms with Gasteiger partial charge in [-0.3, -0.25) is 9.59 Å². The first kappa shape index (κ1) is 19.7. The summed E-state index contributed by atoms with van der Waals surface area (Å²) in [6, 6.07) is -0.702. The number of hydrogen-bond acceptors (Lipinski definition) is 6. The molecule has 4 atom stereocenters. The summed E-state index contributed by atoms with van der Waals surface area (Å²) < 4.78 is 4.86. The highest BCUT2D eigenvalue weighted by Gasteiger charge is 2.58. The molecule has 1 fully saturated rings. The van der Waals surface area contributed by atoms with Crippen LogP contribution in [0.3, 0.4) is 0 Å². The number of carbonyl (C=O) groups excluding carboxylic acids is 2. The molecular weight excluding hydrogens is 346 g/mol. The number of carboxylic acids is 1. The molecule has 1 heterocycles. The number of nitrogens with one attached hydrogen (secondary N) is 2. The van der Waals surface area contributed by atoms with Crippen LogP contribution >= 0.6 is 11.8 Å². The maximum absolute atomic E-state index is 12.7. The zero-order chi connectivity index (χ0) is 18.8. The van der Waals surface area contributed by atoms with E-state index in [9.17, 15) is 19.5 Å². The maximum Gasteiger partial charge on any atom is 0.331 e. The van der Waals surface area contributed by atoms with E-state index in [2.05, 4.69) is 10.6 Å². The minimum absolute atomic E-state index is 0.0275. The third-order valence-corrected chi connectivity index (χ3v) is 5.91. The van der Waals surface area contributed by atoms with Gasteiger partial charge in [-0.1, -0.05) is 13.8 Å². The predicted octanol–water partition coefficient (Wildman–Crippen LogP) is 0.324. The molecule has 2 rings (SSSR count). The van der Waals surface area contributed by atoms with Crippen molar-refractivity contribution in [1.29, 1.82) is 0 Å². The van der Waals surface area contributed by atoms with Crippen molar-refractivity contribution in [3.05, 3.63) is 11.6 Å². The van der Waals surface area contributed by atoms with Gasteiger partial charge in [-0.15, -0.1) is 11.8 Å². The van der Waals surface area contributed by atoms with Crippen molar-refractivity contribution >= 4 is 29.5 Å². The van der Waals surface area contributed by atoms with Crippen LogP contribution < -0.4 is 16.4 Å². The highest BCUT2D eigenvalue weighted by atomic mass is 32.2. The van der Waals surface area contributed by atoms with Crippen molar-refractivity contribution in [2.75, 3.05) is 0 Å². The summed E-state index contributed by atoms with van der Waals surface area (Å²) in [5.41, 5.74) is 5.29. The molecule has 8 nitrogen and oxygen atoms in total. The molecule has 2 aliphatic rings. The number of ether oxygens (including phenoxy) is 1. The molecule has 9 heteroatoms. The first-order chi connectivity index (χ1) is 11.7. The Kier molecular flexibility index (Phi) is 6.12. The molecule has 2 amide bonds. The molecule has 0 aromatic heterocycles. The van der Waals surface area contributed by atoms with Gasteiger partial charge in [0, 0.05) is 18.9 Å². The molecule has 0 aromatic carbocycles. The minimum atomic E-state index is -1.20. The highest BCUT2D eigenvalue weighted by molar-refractivity contribution is 8.02. The summed E-state index contributed by atoms with van der Waals surface area (Å²) in [6.45, 7) is 5.29. The van der Waals surface area contributed by atoms with E-state index in [0.29, 0.717) is 0 Å². The number of nitrogens with two attached hydrogens (primary N) is 1. The monoisotopic (exact) mass is 371 g/mol. The van der Waals surface area contributed by atoms with Gasteiger partial charge in [-0.25, -0.2) is 4.79 Å². The van der Waals surface area contributed by atoms with Crippen molar-refractivity contribution in [3.8, 4) is 0 Å². The molecule has 0 bridgehead atoms. The lowest BCUT2D eigenvalue weighted by molar-refractivity contribution is -0.133. The first-order valence-electron chi connectivity index (χ1n) is 8.34. The van der Waals surface area contributed by atoms with Gasteiger partial charge >= 0.3 is 5.97 Å². The lowest BCUT2D eigenvalue weighted by Gasteiger charge is -2.42. The number of thioether (sulfide) groups is 1. The third kappa shape index (κ3) is 3.99. The maximum atomic E-state index is 12.7. The van der Waals surface area contributed by atoms with Crippen LogP contribution in [0.4, 0.5) is 0 Å². The van der Waals surface area contributed by atoms with E-state index in [0.717, 1.165) is 24.6 Å². The Hall–Kier alpha value is -1.58. The van der Waals surface area contributed by atoms with Gasteiger partial charge in [0.1, 0.15) is 10.2 Å². The SMILES string of the molecule is CCC(CC)O[C@@H]1C=C(C(=O)O)C[C@]2(SC(N)NC2=O)[C@H]1NC(C)=O. The van der Waals surface area contributed by atoms with E-state index >= 15 is 0 Å². The fraction of sp³-hybridized carbons (Fsp3) is 0.688. The molecule has 1 unspecified atom stereocenters. The minimum Gasteiger partial charge on any atom is -0.478 e. The van der Waals surface area contributed by atoms with Crippen molar-refractivity contribution in [3.63, 3.8) is 0 Å². The fourth-order valence-electron chi connectivity index (χ4n) is 3.29. The van der Waals surface area contributed by atoms with Gasteiger partial charge in [-0.2, -0.15) is 0 Å². The van der Waals surface area contributed by atoms with Gasteiger partial charge in [0.15, 0.2) is 0 Å². The van der Waals surface area contributed by atoms with Crippen molar-refractivity contribution in [2.45, 2.75) is 68.5 Å². The highest BCUT2D eigenvalue weighted by Crippen LogP contribution is 2.45. The lowest BCUT2D eigenvalue weighted by Crippen LogP contribution is -2.62. The Bertz CT molecular complexity index is 592. The molecule has 5 N–H and O–H groups in total. The summed E-state index contributed by atoms with van der Waals surface area (Å²) in [6.07, 6.45) is 2.12. The summed E-state index contributed by atoms with van der Waals surface area (Å²) in [5.74, 6) is -1.80. The zero-order valence-corrected chi connectivity index (χ0v) is 15.4. The van der Waals surface area contributed by atoms with Crippen LogP contribution in [-0.2, 0) is 19.1 Å². The Balaban J connectivity index is 2.48. The number of rotatable bonds is 6. The van der Waals surface area contributed by atoms with E-state index < -0.39 is 28.4 Å². The molecule has 1 spiro atoms. The summed E-state index contributed by atoms with van der Waals surface area (Å²) in [7, 11) is 0. The summed E-state index contributed by atoms with van der Waals surface area (Å²) in [5, 5.41) is 14.9. The summed E-state index contributed by atoms with van der Waals surface area (Å²) >= 11 is 1.13. The second-order valence-corrected chi connectivity index (χ2v) is 7.76. The smallest absolute Gasteiger partial charge is 0.331 e. The van der Waals surface area contributed by atoms with E-state index in [-0.39, 0.29) is 29.9 Å². The Morgan fingerprint density at radius 2 is 2.16 bits per heavy atom. The second kappa shape index (κ2) is 7.76. The zero-order valence-electron chi connectivity index (χ0n) is 14.6. The molecule has 1 aliphatic heterocycles. The molecule has 1 saturated heterocycles. The van der Waals surface area contributed by atoms with Gasteiger partial charge < -0.3 is 26.2 Å². The molecule has 0 radical (unpaired) electrons. The Labute approximate surface area is 150 Å². The van der Waals surface area contributed by atoms with Crippen molar-refractivity contribution in [2.24, 2.45) is 5.73 Å². The summed E-state index contributed by atoms with van der Waals surface area (Å²) in [4.78, 5) is 36.0. The third-order valence-electron chi connectivity index (χ3n) is 4.54. The molecule has 0 saturated carbocycles. The topological polar surface area (TPSA) is 131 Å². The van der Waals surface area contributed by atoms with Crippen LogP contribution in [0.5, 0.6) is 0 Å². The van der Waals surface area contributed by atoms with Crippen LogP contribution in [0.25, 0.3) is 0 Å². The van der Waals surface area contributed by atoms with E-state index in [1.807, 2.05) is 13.8 Å². The number of carbonyl (C=O) groups is 3. The van der Waals surface area contributed by atoms with E-state index in [1.165, 1.54) is 13.0 Å². The lowest BCUT2D eigenvalue weighted by atomic mass is 9.80. The van der Waals surface area contributed by atoms with Gasteiger partial charge in [-0.05, 0) is 18.9 Å². The van der Waals surface area contributed by atoms with Crippen molar-refractivity contribution < 1.29 is 24.2 Å². The largest absolute Gasteiger partial charge is 0.478 e. The van der Waals surface area contributed by atoms with Gasteiger partial charge in [0.05, 0.1) is 18.2 Å². The Morgan fingerprint density at radius 3 is 2.60 bits per heavy atom.